The number of nitrogens with zero attached hydrogens (tertiary/aromatic N) is 1. The van der Waals surface area contributed by atoms with Crippen molar-refractivity contribution in [2.45, 2.75) is 6.92 Å². The normalized spacial score (nSPS) is 10.7. The van der Waals surface area contributed by atoms with Crippen molar-refractivity contribution in [1.82, 2.24) is 4.98 Å². The Balaban J connectivity index is 2.09. The summed E-state index contributed by atoms with van der Waals surface area (Å²) < 4.78 is 13.4. The maximum atomic E-state index is 13.4. The number of rotatable bonds is 2. The molecule has 0 fully saturated rings. The fourth-order valence-electron chi connectivity index (χ4n) is 2.29. The summed E-state index contributed by atoms with van der Waals surface area (Å²) in [5, 5.41) is 5.07. The van der Waals surface area contributed by atoms with E-state index in [1.807, 2.05) is 31.2 Å². The zero-order valence-corrected chi connectivity index (χ0v) is 11.0. The Bertz CT molecular complexity index is 764. The Morgan fingerprint density at radius 3 is 2.75 bits per heavy atom. The van der Waals surface area contributed by atoms with Crippen LogP contribution in [0.2, 0.25) is 0 Å². The van der Waals surface area contributed by atoms with Gasteiger partial charge in [0.2, 0.25) is 0 Å². The molecule has 0 atom stereocenters. The van der Waals surface area contributed by atoms with Crippen LogP contribution in [0.1, 0.15) is 5.56 Å². The van der Waals surface area contributed by atoms with E-state index in [0.29, 0.717) is 11.4 Å². The van der Waals surface area contributed by atoms with Gasteiger partial charge >= 0.3 is 0 Å². The predicted octanol–water partition coefficient (Wildman–Crippen LogP) is 4.01. The minimum Gasteiger partial charge on any atom is -0.398 e. The standard InChI is InChI=1S/C16H14FN3/c1-10-6-11(17)8-12(7-10)20-16-3-2-15(18)14-9-19-5-4-13(14)16/h2-9,20H,18H2,1H3. The van der Waals surface area contributed by atoms with Gasteiger partial charge in [0.15, 0.2) is 0 Å². The molecule has 0 aliphatic carbocycles. The lowest BCUT2D eigenvalue weighted by Gasteiger charge is -2.12. The molecule has 0 radical (unpaired) electrons. The van der Waals surface area contributed by atoms with Crippen LogP contribution in [0.4, 0.5) is 21.5 Å². The van der Waals surface area contributed by atoms with Gasteiger partial charge in [-0.05, 0) is 48.9 Å². The molecule has 0 bridgehead atoms. The van der Waals surface area contributed by atoms with Crippen LogP contribution in [0.5, 0.6) is 0 Å². The second-order valence-electron chi connectivity index (χ2n) is 4.77. The van der Waals surface area contributed by atoms with Gasteiger partial charge in [-0.25, -0.2) is 4.39 Å². The highest BCUT2D eigenvalue weighted by atomic mass is 19.1. The van der Waals surface area contributed by atoms with Gasteiger partial charge in [0.1, 0.15) is 5.82 Å². The van der Waals surface area contributed by atoms with Crippen LogP contribution >= 0.6 is 0 Å². The van der Waals surface area contributed by atoms with Crippen LogP contribution in [-0.2, 0) is 0 Å². The van der Waals surface area contributed by atoms with Gasteiger partial charge in [-0.2, -0.15) is 0 Å². The molecule has 1 heterocycles. The zero-order chi connectivity index (χ0) is 14.1. The number of benzene rings is 2. The molecule has 0 unspecified atom stereocenters. The van der Waals surface area contributed by atoms with Gasteiger partial charge in [-0.3, -0.25) is 4.98 Å². The van der Waals surface area contributed by atoms with Crippen LogP contribution in [0.25, 0.3) is 10.8 Å². The molecule has 3 N–H and O–H groups in total. The van der Waals surface area contributed by atoms with Gasteiger partial charge in [-0.1, -0.05) is 0 Å². The average molecular weight is 267 g/mol. The number of hydrogen-bond acceptors (Lipinski definition) is 3. The largest absolute Gasteiger partial charge is 0.398 e. The molecule has 100 valence electrons. The Hall–Kier alpha value is -2.62. The lowest BCUT2D eigenvalue weighted by atomic mass is 10.1. The number of halogens is 1. The van der Waals surface area contributed by atoms with Crippen molar-refractivity contribution in [3.05, 3.63) is 60.2 Å². The molecule has 0 aliphatic rings. The quantitative estimate of drug-likeness (QED) is 0.690. The molecule has 3 aromatic rings. The third-order valence-electron chi connectivity index (χ3n) is 3.17. The van der Waals surface area contributed by atoms with Crippen LogP contribution in [0.3, 0.4) is 0 Å². The Kier molecular flexibility index (Phi) is 2.99. The first-order valence-electron chi connectivity index (χ1n) is 6.30. The Labute approximate surface area is 116 Å². The number of nitrogens with two attached hydrogens (primary N) is 1. The van der Waals surface area contributed by atoms with E-state index in [0.717, 1.165) is 22.0 Å². The van der Waals surface area contributed by atoms with Crippen molar-refractivity contribution in [2.24, 2.45) is 0 Å². The summed E-state index contributed by atoms with van der Waals surface area (Å²) in [5.74, 6) is -0.256. The molecule has 0 saturated heterocycles. The number of fused-ring (bicyclic) bond motifs is 1. The summed E-state index contributed by atoms with van der Waals surface area (Å²) in [4.78, 5) is 4.08. The lowest BCUT2D eigenvalue weighted by molar-refractivity contribution is 0.627. The zero-order valence-electron chi connectivity index (χ0n) is 11.0. The first-order valence-corrected chi connectivity index (χ1v) is 6.30. The molecule has 2 aromatic carbocycles. The topological polar surface area (TPSA) is 50.9 Å². The van der Waals surface area contributed by atoms with Gasteiger partial charge in [0.05, 0.1) is 0 Å². The van der Waals surface area contributed by atoms with E-state index in [-0.39, 0.29) is 5.82 Å². The molecule has 0 aliphatic heterocycles. The Morgan fingerprint density at radius 1 is 1.10 bits per heavy atom. The lowest BCUT2D eigenvalue weighted by Crippen LogP contribution is -1.95. The Morgan fingerprint density at radius 2 is 1.95 bits per heavy atom. The number of aryl methyl sites for hydroxylation is 1. The molecule has 20 heavy (non-hydrogen) atoms. The van der Waals surface area contributed by atoms with Gasteiger partial charge in [-0.15, -0.1) is 0 Å². The summed E-state index contributed by atoms with van der Waals surface area (Å²) in [5.41, 5.74) is 9.07. The summed E-state index contributed by atoms with van der Waals surface area (Å²) in [6, 6.07) is 10.5. The molecule has 0 spiro atoms. The number of pyridine rings is 1. The van der Waals surface area contributed by atoms with Crippen molar-refractivity contribution in [3.63, 3.8) is 0 Å². The highest BCUT2D eigenvalue weighted by Crippen LogP contribution is 2.30. The molecule has 1 aromatic heterocycles. The van der Waals surface area contributed by atoms with Gasteiger partial charge in [0.25, 0.3) is 0 Å². The third-order valence-corrected chi connectivity index (χ3v) is 3.17. The first kappa shape index (κ1) is 12.4. The molecule has 0 amide bonds. The van der Waals surface area contributed by atoms with Gasteiger partial charge < -0.3 is 11.1 Å². The second kappa shape index (κ2) is 4.81. The van der Waals surface area contributed by atoms with Crippen molar-refractivity contribution in [3.8, 4) is 0 Å². The number of aromatic nitrogens is 1. The van der Waals surface area contributed by atoms with E-state index in [2.05, 4.69) is 10.3 Å². The molecular weight excluding hydrogens is 253 g/mol. The van der Waals surface area contributed by atoms with Crippen LogP contribution in [0.15, 0.2) is 48.8 Å². The van der Waals surface area contributed by atoms with Crippen LogP contribution < -0.4 is 11.1 Å². The smallest absolute Gasteiger partial charge is 0.125 e. The van der Waals surface area contributed by atoms with E-state index in [9.17, 15) is 4.39 Å². The van der Waals surface area contributed by atoms with E-state index in [1.54, 1.807) is 12.4 Å². The SMILES string of the molecule is Cc1cc(F)cc(Nc2ccc(N)c3cnccc23)c1. The molecular formula is C16H14FN3. The van der Waals surface area contributed by atoms with Crippen molar-refractivity contribution < 1.29 is 4.39 Å². The van der Waals surface area contributed by atoms with E-state index in [1.165, 1.54) is 12.1 Å². The minimum absolute atomic E-state index is 0.256. The number of anilines is 3. The van der Waals surface area contributed by atoms with Crippen molar-refractivity contribution in [2.75, 3.05) is 11.1 Å². The summed E-state index contributed by atoms with van der Waals surface area (Å²) in [7, 11) is 0. The molecule has 0 saturated carbocycles. The molecule has 3 nitrogen and oxygen atoms in total. The average Bonchev–Trinajstić information content (AvgIpc) is 2.41. The summed E-state index contributed by atoms with van der Waals surface area (Å²) in [6.07, 6.45) is 3.44. The van der Waals surface area contributed by atoms with E-state index < -0.39 is 0 Å². The monoisotopic (exact) mass is 267 g/mol. The fraction of sp³-hybridized carbons (Fsp3) is 0.0625. The van der Waals surface area contributed by atoms with E-state index >= 15 is 0 Å². The van der Waals surface area contributed by atoms with Crippen LogP contribution in [-0.4, -0.2) is 4.98 Å². The van der Waals surface area contributed by atoms with E-state index in [4.69, 9.17) is 5.73 Å². The summed E-state index contributed by atoms with van der Waals surface area (Å²) >= 11 is 0. The second-order valence-corrected chi connectivity index (χ2v) is 4.77. The van der Waals surface area contributed by atoms with Crippen molar-refractivity contribution >= 4 is 27.8 Å². The van der Waals surface area contributed by atoms with Crippen molar-refractivity contribution in [1.29, 1.82) is 0 Å². The predicted molar refractivity (Wildman–Crippen MR) is 80.6 cm³/mol. The first-order chi connectivity index (χ1) is 9.63. The maximum absolute atomic E-state index is 13.4. The number of nitrogens with one attached hydrogen (secondary N) is 1. The maximum Gasteiger partial charge on any atom is 0.125 e. The summed E-state index contributed by atoms with van der Waals surface area (Å²) in [6.45, 7) is 1.86. The molecule has 4 heteroatoms. The number of hydrogen-bond donors (Lipinski definition) is 2. The minimum atomic E-state index is -0.256. The van der Waals surface area contributed by atoms with Crippen LogP contribution in [0, 0.1) is 12.7 Å². The number of nitrogen functional groups attached to an aromatic ring is 1. The molecule has 3 rings (SSSR count). The highest BCUT2D eigenvalue weighted by Gasteiger charge is 2.05. The third kappa shape index (κ3) is 2.28. The highest BCUT2D eigenvalue weighted by molar-refractivity contribution is 6.01. The van der Waals surface area contributed by atoms with Gasteiger partial charge in [0, 0.05) is 40.2 Å². The fourth-order valence-corrected chi connectivity index (χ4v) is 2.29.